The summed E-state index contributed by atoms with van der Waals surface area (Å²) in [6.45, 7) is 13.2. The van der Waals surface area contributed by atoms with E-state index in [4.69, 9.17) is 0 Å². The summed E-state index contributed by atoms with van der Waals surface area (Å²) in [5.74, 6) is 0. The quantitative estimate of drug-likeness (QED) is 0.433. The zero-order chi connectivity index (χ0) is 11.9. The van der Waals surface area contributed by atoms with Gasteiger partial charge in [-0.3, -0.25) is 0 Å². The Bertz CT molecular complexity index is 252. The Kier molecular flexibility index (Phi) is 6.31. The maximum atomic E-state index is 2.30. The van der Waals surface area contributed by atoms with Gasteiger partial charge in [0.25, 0.3) is 0 Å². The summed E-state index contributed by atoms with van der Waals surface area (Å²) in [7, 11) is 0. The van der Waals surface area contributed by atoms with Gasteiger partial charge in [-0.1, -0.05) is 56.2 Å². The highest BCUT2D eigenvalue weighted by atomic mass is 14.1. The SMILES string of the molecule is CC(C)=CCC/C(C)=C/C=C/C(C)(C)C. The lowest BCUT2D eigenvalue weighted by Crippen LogP contribution is -1.97. The van der Waals surface area contributed by atoms with Crippen molar-refractivity contribution >= 4 is 0 Å². The van der Waals surface area contributed by atoms with Gasteiger partial charge in [0.2, 0.25) is 0 Å². The molecule has 0 saturated carbocycles. The molecule has 0 aromatic heterocycles. The summed E-state index contributed by atoms with van der Waals surface area (Å²) in [5, 5.41) is 0. The van der Waals surface area contributed by atoms with Gasteiger partial charge in [0.05, 0.1) is 0 Å². The summed E-state index contributed by atoms with van der Waals surface area (Å²) in [5.41, 5.74) is 3.15. The lowest BCUT2D eigenvalue weighted by Gasteiger charge is -2.10. The van der Waals surface area contributed by atoms with E-state index in [-0.39, 0.29) is 5.41 Å². The number of hydrogen-bond acceptors (Lipinski definition) is 0. The first-order valence-corrected chi connectivity index (χ1v) is 5.79. The van der Waals surface area contributed by atoms with E-state index in [1.165, 1.54) is 17.6 Å². The van der Waals surface area contributed by atoms with Gasteiger partial charge >= 0.3 is 0 Å². The Morgan fingerprint density at radius 2 is 1.67 bits per heavy atom. The third-order valence-corrected chi connectivity index (χ3v) is 2.07. The third kappa shape index (κ3) is 11.1. The molecule has 0 spiro atoms. The molecule has 0 heterocycles. The molecule has 0 aromatic rings. The molecule has 0 aliphatic rings. The van der Waals surface area contributed by atoms with Crippen LogP contribution < -0.4 is 0 Å². The maximum Gasteiger partial charge on any atom is -0.0200 e. The average Bonchev–Trinajstić information content (AvgIpc) is 2.00. The van der Waals surface area contributed by atoms with Crippen LogP contribution in [0.5, 0.6) is 0 Å². The van der Waals surface area contributed by atoms with Crippen molar-refractivity contribution in [3.05, 3.63) is 35.5 Å². The van der Waals surface area contributed by atoms with Crippen LogP contribution in [0.4, 0.5) is 0 Å². The van der Waals surface area contributed by atoms with E-state index < -0.39 is 0 Å². The van der Waals surface area contributed by atoms with Crippen molar-refractivity contribution in [1.29, 1.82) is 0 Å². The Balaban J connectivity index is 4.00. The second kappa shape index (κ2) is 6.66. The van der Waals surface area contributed by atoms with Crippen LogP contribution in [-0.4, -0.2) is 0 Å². The first kappa shape index (κ1) is 14.2. The zero-order valence-electron chi connectivity index (χ0n) is 11.2. The van der Waals surface area contributed by atoms with E-state index in [0.29, 0.717) is 0 Å². The summed E-state index contributed by atoms with van der Waals surface area (Å²) in [6, 6.07) is 0. The largest absolute Gasteiger partial charge is 0.0856 e. The second-order valence-electron chi connectivity index (χ2n) is 5.56. The Labute approximate surface area is 95.8 Å². The molecule has 0 rings (SSSR count). The molecule has 0 amide bonds. The molecule has 0 nitrogen and oxygen atoms in total. The fourth-order valence-corrected chi connectivity index (χ4v) is 1.17. The molecule has 0 unspecified atom stereocenters. The molecule has 0 aromatic carbocycles. The van der Waals surface area contributed by atoms with Crippen LogP contribution in [0, 0.1) is 5.41 Å². The van der Waals surface area contributed by atoms with Crippen molar-refractivity contribution in [3.63, 3.8) is 0 Å². The van der Waals surface area contributed by atoms with Crippen LogP contribution in [0.2, 0.25) is 0 Å². The van der Waals surface area contributed by atoms with Gasteiger partial charge in [0, 0.05) is 0 Å². The van der Waals surface area contributed by atoms with Gasteiger partial charge in [-0.2, -0.15) is 0 Å². The zero-order valence-corrected chi connectivity index (χ0v) is 11.2. The number of allylic oxidation sites excluding steroid dienone is 6. The minimum atomic E-state index is 0.288. The average molecular weight is 206 g/mol. The van der Waals surface area contributed by atoms with Crippen LogP contribution in [0.1, 0.15) is 54.4 Å². The van der Waals surface area contributed by atoms with Crippen molar-refractivity contribution in [2.75, 3.05) is 0 Å². The Morgan fingerprint density at radius 3 is 2.13 bits per heavy atom. The van der Waals surface area contributed by atoms with Crippen LogP contribution in [-0.2, 0) is 0 Å². The van der Waals surface area contributed by atoms with E-state index in [1.54, 1.807) is 0 Å². The van der Waals surface area contributed by atoms with E-state index in [9.17, 15) is 0 Å². The predicted octanol–water partition coefficient (Wildman–Crippen LogP) is 5.28. The van der Waals surface area contributed by atoms with E-state index >= 15 is 0 Å². The molecule has 0 atom stereocenters. The molecule has 0 saturated heterocycles. The van der Waals surface area contributed by atoms with Crippen molar-refractivity contribution in [2.45, 2.75) is 54.4 Å². The van der Waals surface area contributed by atoms with Crippen molar-refractivity contribution in [2.24, 2.45) is 5.41 Å². The monoisotopic (exact) mass is 206 g/mol. The Morgan fingerprint density at radius 1 is 1.07 bits per heavy atom. The van der Waals surface area contributed by atoms with E-state index in [2.05, 4.69) is 65.8 Å². The lowest BCUT2D eigenvalue weighted by molar-refractivity contribution is 0.544. The van der Waals surface area contributed by atoms with Crippen LogP contribution in [0.15, 0.2) is 35.5 Å². The highest BCUT2D eigenvalue weighted by Gasteiger charge is 2.01. The smallest absolute Gasteiger partial charge is 0.0200 e. The fourth-order valence-electron chi connectivity index (χ4n) is 1.17. The van der Waals surface area contributed by atoms with Gasteiger partial charge in [0.15, 0.2) is 0 Å². The lowest BCUT2D eigenvalue weighted by atomic mass is 9.96. The van der Waals surface area contributed by atoms with Gasteiger partial charge in [-0.05, 0) is 39.0 Å². The fraction of sp³-hybridized carbons (Fsp3) is 0.600. The van der Waals surface area contributed by atoms with Gasteiger partial charge < -0.3 is 0 Å². The molecule has 0 bridgehead atoms. The summed E-state index contributed by atoms with van der Waals surface area (Å²) >= 11 is 0. The van der Waals surface area contributed by atoms with Gasteiger partial charge in [-0.25, -0.2) is 0 Å². The minimum Gasteiger partial charge on any atom is -0.0856 e. The molecule has 0 aliphatic heterocycles. The molecule has 0 N–H and O–H groups in total. The van der Waals surface area contributed by atoms with Crippen LogP contribution >= 0.6 is 0 Å². The molecular weight excluding hydrogens is 180 g/mol. The standard InChI is InChI=1S/C15H26/c1-13(2)9-7-10-14(3)11-8-12-15(4,5)6/h8-9,11-12H,7,10H2,1-6H3/b12-8+,14-11+. The highest BCUT2D eigenvalue weighted by molar-refractivity contribution is 5.13. The molecule has 0 aliphatic carbocycles. The predicted molar refractivity (Wildman–Crippen MR) is 71.0 cm³/mol. The first-order valence-electron chi connectivity index (χ1n) is 5.79. The number of hydrogen-bond donors (Lipinski definition) is 0. The first-order chi connectivity index (χ1) is 6.81. The molecule has 15 heavy (non-hydrogen) atoms. The molecular formula is C15H26. The summed E-state index contributed by atoms with van der Waals surface area (Å²) in [4.78, 5) is 0. The Hall–Kier alpha value is -0.780. The topological polar surface area (TPSA) is 0 Å². The highest BCUT2D eigenvalue weighted by Crippen LogP contribution is 2.15. The van der Waals surface area contributed by atoms with Crippen molar-refractivity contribution in [1.82, 2.24) is 0 Å². The maximum absolute atomic E-state index is 2.30. The second-order valence-corrected chi connectivity index (χ2v) is 5.56. The normalized spacial score (nSPS) is 13.3. The van der Waals surface area contributed by atoms with E-state index in [1.807, 2.05) is 0 Å². The van der Waals surface area contributed by atoms with Crippen LogP contribution in [0.25, 0.3) is 0 Å². The van der Waals surface area contributed by atoms with Crippen LogP contribution in [0.3, 0.4) is 0 Å². The molecule has 0 radical (unpaired) electrons. The minimum absolute atomic E-state index is 0.288. The van der Waals surface area contributed by atoms with Gasteiger partial charge in [0.1, 0.15) is 0 Å². The molecule has 86 valence electrons. The molecule has 0 fully saturated rings. The summed E-state index contributed by atoms with van der Waals surface area (Å²) in [6.07, 6.45) is 11.3. The third-order valence-electron chi connectivity index (χ3n) is 2.07. The molecule has 0 heteroatoms. The van der Waals surface area contributed by atoms with Gasteiger partial charge in [-0.15, -0.1) is 0 Å². The van der Waals surface area contributed by atoms with Crippen molar-refractivity contribution < 1.29 is 0 Å². The summed E-state index contributed by atoms with van der Waals surface area (Å²) < 4.78 is 0. The van der Waals surface area contributed by atoms with Crippen molar-refractivity contribution in [3.8, 4) is 0 Å². The van der Waals surface area contributed by atoms with E-state index in [0.717, 1.165) is 6.42 Å². The number of rotatable bonds is 4.